The lowest BCUT2D eigenvalue weighted by Gasteiger charge is -2.11. The molecule has 4 N–H and O–H groups in total. The number of carbonyl (C=O) groups excluding carboxylic acids is 2. The smallest absolute Gasteiger partial charge is 0.250 e. The first-order valence-corrected chi connectivity index (χ1v) is 9.56. The zero-order chi connectivity index (χ0) is 19.9. The van der Waals surface area contributed by atoms with Gasteiger partial charge in [-0.15, -0.1) is 0 Å². The minimum absolute atomic E-state index is 0.0812. The van der Waals surface area contributed by atoms with E-state index in [0.29, 0.717) is 24.2 Å². The Balaban J connectivity index is 1.62. The average molecular weight is 438 g/mol. The molecule has 0 aromatic heterocycles. The van der Waals surface area contributed by atoms with Gasteiger partial charge in [-0.2, -0.15) is 0 Å². The fourth-order valence-corrected chi connectivity index (χ4v) is 3.29. The fourth-order valence-electron chi connectivity index (χ4n) is 2.85. The number of benzene rings is 3. The molecule has 28 heavy (non-hydrogen) atoms. The molecule has 0 saturated heterocycles. The van der Waals surface area contributed by atoms with Crippen molar-refractivity contribution in [2.24, 2.45) is 5.73 Å². The molecule has 0 unspecified atom stereocenters. The molecule has 3 aromatic carbocycles. The fraction of sp³-hybridized carbons (Fsp3) is 0.0909. The van der Waals surface area contributed by atoms with E-state index in [1.807, 2.05) is 60.7 Å². The Kier molecular flexibility index (Phi) is 6.45. The lowest BCUT2D eigenvalue weighted by molar-refractivity contribution is -0.115. The van der Waals surface area contributed by atoms with Crippen molar-refractivity contribution in [1.29, 1.82) is 0 Å². The van der Waals surface area contributed by atoms with Crippen molar-refractivity contribution in [3.8, 4) is 0 Å². The van der Waals surface area contributed by atoms with Gasteiger partial charge in [0.2, 0.25) is 5.91 Å². The summed E-state index contributed by atoms with van der Waals surface area (Å²) in [6.45, 7) is 0.500. The molecule has 0 bridgehead atoms. The van der Waals surface area contributed by atoms with Crippen LogP contribution in [0.3, 0.4) is 0 Å². The van der Waals surface area contributed by atoms with Gasteiger partial charge in [-0.25, -0.2) is 0 Å². The van der Waals surface area contributed by atoms with Crippen LogP contribution in [-0.2, 0) is 17.8 Å². The van der Waals surface area contributed by atoms with E-state index in [9.17, 15) is 9.59 Å². The number of para-hydroxylation sites is 1. The molecule has 0 radical (unpaired) electrons. The van der Waals surface area contributed by atoms with Crippen LogP contribution < -0.4 is 16.4 Å². The highest BCUT2D eigenvalue weighted by atomic mass is 79.9. The van der Waals surface area contributed by atoms with Gasteiger partial charge in [0.15, 0.2) is 0 Å². The number of hydrogen-bond acceptors (Lipinski definition) is 3. The van der Waals surface area contributed by atoms with Crippen molar-refractivity contribution >= 4 is 39.1 Å². The van der Waals surface area contributed by atoms with Gasteiger partial charge in [-0.3, -0.25) is 9.59 Å². The molecule has 2 amide bonds. The molecule has 3 aromatic rings. The monoisotopic (exact) mass is 437 g/mol. The normalized spacial score (nSPS) is 10.3. The maximum absolute atomic E-state index is 12.3. The maximum Gasteiger partial charge on any atom is 0.250 e. The summed E-state index contributed by atoms with van der Waals surface area (Å²) in [5, 5.41) is 6.14. The number of anilines is 2. The highest BCUT2D eigenvalue weighted by Gasteiger charge is 2.08. The van der Waals surface area contributed by atoms with Gasteiger partial charge in [0, 0.05) is 22.4 Å². The number of carbonyl (C=O) groups is 2. The van der Waals surface area contributed by atoms with Crippen molar-refractivity contribution in [3.05, 3.63) is 94.0 Å². The summed E-state index contributed by atoms with van der Waals surface area (Å²) >= 11 is 3.41. The van der Waals surface area contributed by atoms with Gasteiger partial charge in [-0.1, -0.05) is 52.3 Å². The summed E-state index contributed by atoms with van der Waals surface area (Å²) in [5.74, 6) is -0.557. The standard InChI is InChI=1S/C22H20BrN3O2/c23-17-7-3-5-15(11-17)13-21(27)26-18-8-4-6-16(12-18)14-25-20-10-2-1-9-19(20)22(24)28/h1-12,25H,13-14H2,(H2,24,28)(H,26,27). The van der Waals surface area contributed by atoms with E-state index in [1.165, 1.54) is 0 Å². The van der Waals surface area contributed by atoms with Crippen molar-refractivity contribution in [2.45, 2.75) is 13.0 Å². The molecule has 0 aliphatic heterocycles. The first kappa shape index (κ1) is 19.6. The SMILES string of the molecule is NC(=O)c1ccccc1NCc1cccc(NC(=O)Cc2cccc(Br)c2)c1. The van der Waals surface area contributed by atoms with Crippen molar-refractivity contribution in [1.82, 2.24) is 0 Å². The second-order valence-corrected chi connectivity index (χ2v) is 7.23. The summed E-state index contributed by atoms with van der Waals surface area (Å²) in [6, 6.07) is 22.4. The minimum atomic E-state index is -0.475. The Morgan fingerprint density at radius 3 is 2.43 bits per heavy atom. The number of rotatable bonds is 7. The Bertz CT molecular complexity index is 1000. The highest BCUT2D eigenvalue weighted by Crippen LogP contribution is 2.18. The van der Waals surface area contributed by atoms with E-state index in [1.54, 1.807) is 12.1 Å². The van der Waals surface area contributed by atoms with Crippen LogP contribution in [0.25, 0.3) is 0 Å². The summed E-state index contributed by atoms with van der Waals surface area (Å²) < 4.78 is 0.946. The van der Waals surface area contributed by atoms with Crippen LogP contribution in [0.15, 0.2) is 77.3 Å². The van der Waals surface area contributed by atoms with Crippen LogP contribution in [0.5, 0.6) is 0 Å². The average Bonchev–Trinajstić information content (AvgIpc) is 2.66. The van der Waals surface area contributed by atoms with E-state index in [-0.39, 0.29) is 5.91 Å². The minimum Gasteiger partial charge on any atom is -0.380 e. The molecule has 3 rings (SSSR count). The van der Waals surface area contributed by atoms with Crippen molar-refractivity contribution < 1.29 is 9.59 Å². The molecule has 0 spiro atoms. The van der Waals surface area contributed by atoms with E-state index < -0.39 is 5.91 Å². The quantitative estimate of drug-likeness (QED) is 0.513. The topological polar surface area (TPSA) is 84.2 Å². The van der Waals surface area contributed by atoms with Crippen LogP contribution in [-0.4, -0.2) is 11.8 Å². The number of hydrogen-bond donors (Lipinski definition) is 3. The zero-order valence-electron chi connectivity index (χ0n) is 15.1. The Labute approximate surface area is 172 Å². The predicted molar refractivity (Wildman–Crippen MR) is 115 cm³/mol. The summed E-state index contributed by atoms with van der Waals surface area (Å²) in [6.07, 6.45) is 0.300. The second kappa shape index (κ2) is 9.19. The molecular formula is C22H20BrN3O2. The molecule has 0 aliphatic rings. The molecule has 0 aliphatic carbocycles. The van der Waals surface area contributed by atoms with Crippen LogP contribution in [0.4, 0.5) is 11.4 Å². The molecule has 6 heteroatoms. The third-order valence-electron chi connectivity index (χ3n) is 4.14. The molecule has 0 saturated carbocycles. The number of primary amides is 1. The third kappa shape index (κ3) is 5.44. The zero-order valence-corrected chi connectivity index (χ0v) is 16.7. The number of nitrogens with two attached hydrogens (primary N) is 1. The lowest BCUT2D eigenvalue weighted by atomic mass is 10.1. The van der Waals surface area contributed by atoms with Gasteiger partial charge in [0.1, 0.15) is 0 Å². The van der Waals surface area contributed by atoms with Gasteiger partial charge in [-0.05, 0) is 47.5 Å². The third-order valence-corrected chi connectivity index (χ3v) is 4.63. The second-order valence-electron chi connectivity index (χ2n) is 6.32. The van der Waals surface area contributed by atoms with Crippen LogP contribution in [0.1, 0.15) is 21.5 Å². The van der Waals surface area contributed by atoms with Crippen molar-refractivity contribution in [2.75, 3.05) is 10.6 Å². The summed E-state index contributed by atoms with van der Waals surface area (Å²) in [5.41, 5.74) is 9.16. The lowest BCUT2D eigenvalue weighted by Crippen LogP contribution is -2.15. The first-order chi connectivity index (χ1) is 13.5. The summed E-state index contributed by atoms with van der Waals surface area (Å²) in [7, 11) is 0. The van der Waals surface area contributed by atoms with Gasteiger partial charge in [0.05, 0.1) is 12.0 Å². The Hall–Kier alpha value is -3.12. The largest absolute Gasteiger partial charge is 0.380 e. The number of halogens is 1. The van der Waals surface area contributed by atoms with E-state index in [0.717, 1.165) is 21.3 Å². The van der Waals surface area contributed by atoms with Crippen LogP contribution in [0.2, 0.25) is 0 Å². The molecular weight excluding hydrogens is 418 g/mol. The Morgan fingerprint density at radius 1 is 0.893 bits per heavy atom. The molecule has 142 valence electrons. The van der Waals surface area contributed by atoms with Gasteiger partial charge in [0.25, 0.3) is 5.91 Å². The van der Waals surface area contributed by atoms with Crippen LogP contribution in [0, 0.1) is 0 Å². The maximum atomic E-state index is 12.3. The van der Waals surface area contributed by atoms with Gasteiger partial charge < -0.3 is 16.4 Å². The van der Waals surface area contributed by atoms with Gasteiger partial charge >= 0.3 is 0 Å². The molecule has 0 atom stereocenters. The summed E-state index contributed by atoms with van der Waals surface area (Å²) in [4.78, 5) is 23.8. The molecule has 0 heterocycles. The molecule has 0 fully saturated rings. The van der Waals surface area contributed by atoms with E-state index in [4.69, 9.17) is 5.73 Å². The Morgan fingerprint density at radius 2 is 1.64 bits per heavy atom. The van der Waals surface area contributed by atoms with Crippen LogP contribution >= 0.6 is 15.9 Å². The first-order valence-electron chi connectivity index (χ1n) is 8.77. The highest BCUT2D eigenvalue weighted by molar-refractivity contribution is 9.10. The van der Waals surface area contributed by atoms with E-state index >= 15 is 0 Å². The molecule has 5 nitrogen and oxygen atoms in total. The number of nitrogens with one attached hydrogen (secondary N) is 2. The van der Waals surface area contributed by atoms with Crippen molar-refractivity contribution in [3.63, 3.8) is 0 Å². The number of amides is 2. The predicted octanol–water partition coefficient (Wildman–Crippen LogP) is 4.34. The van der Waals surface area contributed by atoms with E-state index in [2.05, 4.69) is 26.6 Å².